The van der Waals surface area contributed by atoms with Crippen molar-refractivity contribution in [2.75, 3.05) is 0 Å². The fourth-order valence-electron chi connectivity index (χ4n) is 2.10. The first-order chi connectivity index (χ1) is 10.1. The standard InChI is InChI=1S/C18H21O2S2/c1-13-6-9-15(10-7-13)22(19,20)21-17-12-14(2)8-11-16(17)18(3,4)5/h6-7,9-12H,1-5H3. The normalized spacial score (nSPS) is 12.4. The Morgan fingerprint density at radius 2 is 1.64 bits per heavy atom. The molecule has 0 aliphatic carbocycles. The van der Waals surface area contributed by atoms with E-state index in [9.17, 15) is 8.42 Å². The van der Waals surface area contributed by atoms with E-state index in [0.717, 1.165) is 32.4 Å². The lowest BCUT2D eigenvalue weighted by atomic mass is 9.86. The van der Waals surface area contributed by atoms with E-state index >= 15 is 0 Å². The molecule has 2 rings (SSSR count). The third-order valence-electron chi connectivity index (χ3n) is 3.37. The van der Waals surface area contributed by atoms with Gasteiger partial charge < -0.3 is 0 Å². The third kappa shape index (κ3) is 3.93. The van der Waals surface area contributed by atoms with Gasteiger partial charge in [0.15, 0.2) is 0 Å². The second-order valence-corrected chi connectivity index (χ2v) is 10.3. The molecule has 117 valence electrons. The quantitative estimate of drug-likeness (QED) is 0.751. The molecule has 22 heavy (non-hydrogen) atoms. The van der Waals surface area contributed by atoms with Gasteiger partial charge in [-0.25, -0.2) is 8.42 Å². The summed E-state index contributed by atoms with van der Waals surface area (Å²) in [5, 5.41) is 0. The number of rotatable bonds is 3. The van der Waals surface area contributed by atoms with Crippen LogP contribution in [0.25, 0.3) is 0 Å². The van der Waals surface area contributed by atoms with Crippen molar-refractivity contribution in [3.63, 3.8) is 0 Å². The van der Waals surface area contributed by atoms with Crippen LogP contribution in [-0.2, 0) is 14.3 Å². The average Bonchev–Trinajstić information content (AvgIpc) is 2.37. The smallest absolute Gasteiger partial charge is 0.212 e. The highest BCUT2D eigenvalue weighted by molar-refractivity contribution is 8.72. The molecule has 0 bridgehead atoms. The molecule has 2 aromatic carbocycles. The van der Waals surface area contributed by atoms with E-state index in [1.54, 1.807) is 12.1 Å². The van der Waals surface area contributed by atoms with Gasteiger partial charge in [0.25, 0.3) is 0 Å². The van der Waals surface area contributed by atoms with E-state index in [1.807, 2.05) is 38.1 Å². The Kier molecular flexibility index (Phi) is 4.73. The summed E-state index contributed by atoms with van der Waals surface area (Å²) < 4.78 is 25.3. The highest BCUT2D eigenvalue weighted by Crippen LogP contribution is 2.38. The zero-order chi connectivity index (χ0) is 16.5. The molecule has 0 fully saturated rings. The van der Waals surface area contributed by atoms with E-state index in [1.165, 1.54) is 0 Å². The van der Waals surface area contributed by atoms with Gasteiger partial charge in [-0.1, -0.05) is 38.5 Å². The summed E-state index contributed by atoms with van der Waals surface area (Å²) in [4.78, 5) is 1.12. The molecule has 0 spiro atoms. The first-order valence-corrected chi connectivity index (χ1v) is 9.95. The summed E-state index contributed by atoms with van der Waals surface area (Å²) in [6.45, 7) is 10.1. The van der Waals surface area contributed by atoms with Gasteiger partial charge in [0.2, 0.25) is 8.87 Å². The van der Waals surface area contributed by atoms with E-state index < -0.39 is 8.87 Å². The molecule has 2 aromatic rings. The zero-order valence-corrected chi connectivity index (χ0v) is 15.2. The SMILES string of the molecule is Cc1[c]cc(C(C)(C)C)c(SS(=O)(=O)c2ccc(C)cc2)c1. The number of hydrogen-bond acceptors (Lipinski definition) is 3. The van der Waals surface area contributed by atoms with E-state index in [2.05, 4.69) is 26.8 Å². The molecule has 0 heterocycles. The van der Waals surface area contributed by atoms with Crippen LogP contribution >= 0.6 is 10.8 Å². The molecule has 0 saturated heterocycles. The fraction of sp³-hybridized carbons (Fsp3) is 0.333. The molecule has 2 nitrogen and oxygen atoms in total. The van der Waals surface area contributed by atoms with Gasteiger partial charge in [-0.05, 0) is 60.7 Å². The molecule has 1 radical (unpaired) electrons. The van der Waals surface area contributed by atoms with Crippen LogP contribution in [0.15, 0.2) is 46.2 Å². The van der Waals surface area contributed by atoms with Crippen molar-refractivity contribution in [2.45, 2.75) is 49.8 Å². The Labute approximate surface area is 137 Å². The minimum absolute atomic E-state index is 0.130. The topological polar surface area (TPSA) is 34.1 Å². The summed E-state index contributed by atoms with van der Waals surface area (Å²) in [6, 6.07) is 13.9. The Morgan fingerprint density at radius 3 is 2.18 bits per heavy atom. The van der Waals surface area contributed by atoms with Gasteiger partial charge in [0.05, 0.1) is 4.90 Å². The molecule has 0 aromatic heterocycles. The monoisotopic (exact) mass is 333 g/mol. The van der Waals surface area contributed by atoms with Crippen LogP contribution in [0.5, 0.6) is 0 Å². The Bertz CT molecular complexity index is 768. The molecule has 0 saturated carbocycles. The lowest BCUT2D eigenvalue weighted by molar-refractivity contribution is 0.577. The van der Waals surface area contributed by atoms with Crippen LogP contribution in [0.2, 0.25) is 0 Å². The maximum absolute atomic E-state index is 12.7. The van der Waals surface area contributed by atoms with Gasteiger partial charge in [-0.2, -0.15) is 0 Å². The minimum Gasteiger partial charge on any atom is -0.212 e. The Hall–Kier alpha value is -1.26. The second kappa shape index (κ2) is 6.09. The summed E-state index contributed by atoms with van der Waals surface area (Å²) >= 11 is 0. The first-order valence-electron chi connectivity index (χ1n) is 7.13. The van der Waals surface area contributed by atoms with Crippen molar-refractivity contribution in [3.8, 4) is 0 Å². The van der Waals surface area contributed by atoms with Crippen molar-refractivity contribution in [2.24, 2.45) is 0 Å². The Balaban J connectivity index is 2.46. The highest BCUT2D eigenvalue weighted by atomic mass is 33.1. The van der Waals surface area contributed by atoms with Crippen LogP contribution in [0.3, 0.4) is 0 Å². The summed E-state index contributed by atoms with van der Waals surface area (Å²) in [5.41, 5.74) is 2.85. The van der Waals surface area contributed by atoms with Crippen LogP contribution in [-0.4, -0.2) is 8.42 Å². The van der Waals surface area contributed by atoms with Crippen molar-refractivity contribution >= 4 is 19.7 Å². The minimum atomic E-state index is -3.43. The first kappa shape index (κ1) is 17.1. The molecule has 0 unspecified atom stereocenters. The molecule has 0 amide bonds. The van der Waals surface area contributed by atoms with Crippen molar-refractivity contribution < 1.29 is 8.42 Å². The maximum Gasteiger partial charge on any atom is 0.234 e. The number of hydrogen-bond donors (Lipinski definition) is 0. The summed E-state index contributed by atoms with van der Waals surface area (Å²) in [7, 11) is -2.50. The number of benzene rings is 2. The number of aryl methyl sites for hydroxylation is 2. The highest BCUT2D eigenvalue weighted by Gasteiger charge is 2.23. The second-order valence-electron chi connectivity index (χ2n) is 6.49. The van der Waals surface area contributed by atoms with Gasteiger partial charge in [-0.3, -0.25) is 0 Å². The third-order valence-corrected chi connectivity index (χ3v) is 6.73. The van der Waals surface area contributed by atoms with Crippen LogP contribution in [0, 0.1) is 19.9 Å². The van der Waals surface area contributed by atoms with Crippen molar-refractivity contribution in [1.82, 2.24) is 0 Å². The van der Waals surface area contributed by atoms with Crippen LogP contribution in [0.4, 0.5) is 0 Å². The maximum atomic E-state index is 12.7. The summed E-state index contributed by atoms with van der Waals surface area (Å²) in [5.74, 6) is 0. The van der Waals surface area contributed by atoms with Crippen LogP contribution in [0.1, 0.15) is 37.5 Å². The lowest BCUT2D eigenvalue weighted by Gasteiger charge is -2.22. The van der Waals surface area contributed by atoms with Gasteiger partial charge in [0, 0.05) is 15.7 Å². The average molecular weight is 333 g/mol. The molecule has 0 aliphatic heterocycles. The van der Waals surface area contributed by atoms with E-state index in [4.69, 9.17) is 0 Å². The summed E-state index contributed by atoms with van der Waals surface area (Å²) in [6.07, 6.45) is 0. The Morgan fingerprint density at radius 1 is 1.05 bits per heavy atom. The molecule has 4 heteroatoms. The van der Waals surface area contributed by atoms with Gasteiger partial charge in [-0.15, -0.1) is 0 Å². The lowest BCUT2D eigenvalue weighted by Crippen LogP contribution is -2.13. The largest absolute Gasteiger partial charge is 0.234 e. The molecule has 0 aliphatic rings. The van der Waals surface area contributed by atoms with Gasteiger partial charge >= 0.3 is 0 Å². The van der Waals surface area contributed by atoms with E-state index in [-0.39, 0.29) is 5.41 Å². The van der Waals surface area contributed by atoms with Gasteiger partial charge in [0.1, 0.15) is 0 Å². The van der Waals surface area contributed by atoms with E-state index in [0.29, 0.717) is 4.90 Å². The predicted octanol–water partition coefficient (Wildman–Crippen LogP) is 4.88. The van der Waals surface area contributed by atoms with Crippen molar-refractivity contribution in [1.29, 1.82) is 0 Å². The molecular formula is C18H21O2S2. The molecular weight excluding hydrogens is 312 g/mol. The molecule has 0 atom stereocenters. The fourth-order valence-corrected chi connectivity index (χ4v) is 5.33. The molecule has 0 N–H and O–H groups in total. The van der Waals surface area contributed by atoms with Crippen LogP contribution < -0.4 is 0 Å². The predicted molar refractivity (Wildman–Crippen MR) is 92.9 cm³/mol. The van der Waals surface area contributed by atoms with Crippen molar-refractivity contribution in [3.05, 3.63) is 59.2 Å². The zero-order valence-electron chi connectivity index (χ0n) is 13.6.